The number of hydrogen-bond acceptors (Lipinski definition) is 6. The van der Waals surface area contributed by atoms with Crippen molar-refractivity contribution in [3.8, 4) is 0 Å². The van der Waals surface area contributed by atoms with Crippen molar-refractivity contribution >= 4 is 24.4 Å². The lowest BCUT2D eigenvalue weighted by Crippen LogP contribution is -2.35. The Hall–Kier alpha value is -0.583. The summed E-state index contributed by atoms with van der Waals surface area (Å²) in [7, 11) is -6.09. The first kappa shape index (κ1) is 19.4. The molecule has 0 heterocycles. The van der Waals surface area contributed by atoms with E-state index in [4.69, 9.17) is 4.43 Å². The van der Waals surface area contributed by atoms with Crippen LogP contribution in [0.5, 0.6) is 0 Å². The number of ether oxygens (including phenoxy) is 1. The lowest BCUT2D eigenvalue weighted by Gasteiger charge is -2.23. The third kappa shape index (κ3) is 6.24. The Morgan fingerprint density at radius 2 is 1.95 bits per heavy atom. The molecule has 0 radical (unpaired) electrons. The van der Waals surface area contributed by atoms with E-state index in [2.05, 4.69) is 4.74 Å². The summed E-state index contributed by atoms with van der Waals surface area (Å²) in [5.41, 5.74) is 0. The Labute approximate surface area is 118 Å². The van der Waals surface area contributed by atoms with E-state index in [-0.39, 0.29) is 6.42 Å². The molecule has 0 aromatic carbocycles. The highest BCUT2D eigenvalue weighted by Gasteiger charge is 2.39. The third-order valence-corrected chi connectivity index (χ3v) is 7.84. The summed E-state index contributed by atoms with van der Waals surface area (Å²) >= 11 is 0. The molecule has 0 aromatic rings. The van der Waals surface area contributed by atoms with E-state index < -0.39 is 36.3 Å². The topological polar surface area (TPSA) is 92.7 Å². The van der Waals surface area contributed by atoms with Gasteiger partial charge in [0.05, 0.1) is 0 Å². The molecule has 20 heavy (non-hydrogen) atoms. The predicted molar refractivity (Wildman–Crippen MR) is 68.8 cm³/mol. The fourth-order valence-corrected chi connectivity index (χ4v) is 3.31. The van der Waals surface area contributed by atoms with Crippen molar-refractivity contribution in [2.75, 3.05) is 13.7 Å². The Balaban J connectivity index is 4.15. The molecular weight excluding hydrogens is 314 g/mol. The van der Waals surface area contributed by atoms with Crippen LogP contribution in [0.2, 0.25) is 18.6 Å². The second-order valence-electron chi connectivity index (χ2n) is 4.61. The van der Waals surface area contributed by atoms with Gasteiger partial charge in [-0.3, -0.25) is 4.79 Å². The highest BCUT2D eigenvalue weighted by Crippen LogP contribution is 2.22. The van der Waals surface area contributed by atoms with Gasteiger partial charge in [0, 0.05) is 13.5 Å². The van der Waals surface area contributed by atoms with E-state index in [1.165, 1.54) is 0 Å². The number of alkyl halides is 2. The van der Waals surface area contributed by atoms with Gasteiger partial charge in [-0.15, -0.1) is 0 Å². The van der Waals surface area contributed by atoms with E-state index >= 15 is 0 Å². The van der Waals surface area contributed by atoms with Gasteiger partial charge in [0.2, 0.25) is 0 Å². The predicted octanol–water partition coefficient (Wildman–Crippen LogP) is 1.69. The molecule has 0 saturated carbocycles. The Morgan fingerprint density at radius 3 is 2.35 bits per heavy atom. The molecule has 0 aliphatic heterocycles. The van der Waals surface area contributed by atoms with Crippen molar-refractivity contribution in [3.63, 3.8) is 0 Å². The van der Waals surface area contributed by atoms with Crippen LogP contribution in [-0.2, 0) is 24.1 Å². The van der Waals surface area contributed by atoms with Crippen molar-refractivity contribution in [2.45, 2.75) is 43.7 Å². The molecule has 0 aliphatic carbocycles. The van der Waals surface area contributed by atoms with Crippen LogP contribution in [0, 0.1) is 0 Å². The van der Waals surface area contributed by atoms with Gasteiger partial charge >= 0.3 is 11.2 Å². The van der Waals surface area contributed by atoms with Crippen LogP contribution in [0.3, 0.4) is 0 Å². The lowest BCUT2D eigenvalue weighted by atomic mass is 10.3. The molecule has 0 aliphatic rings. The van der Waals surface area contributed by atoms with E-state index in [9.17, 15) is 26.5 Å². The zero-order chi connectivity index (χ0) is 16.0. The first-order valence-corrected chi connectivity index (χ1v) is 10.2. The van der Waals surface area contributed by atoms with Gasteiger partial charge in [0.25, 0.3) is 0 Å². The number of halogens is 2. The Bertz CT molecular complexity index is 421. The standard InChI is InChI=1S/C10H20F2O6SSi/c1-4-20(3,17-2)7-5-6-9(13)18-8-10(11,12)19(14,15)16/h4-8H2,1-3H3,(H,14,15,16)/p-1. The molecule has 120 valence electrons. The largest absolute Gasteiger partial charge is 0.743 e. The number of carbonyl (C=O) groups excluding carboxylic acids is 1. The zero-order valence-electron chi connectivity index (χ0n) is 11.6. The van der Waals surface area contributed by atoms with E-state index in [0.717, 1.165) is 6.04 Å². The van der Waals surface area contributed by atoms with Crippen molar-refractivity contribution in [2.24, 2.45) is 0 Å². The van der Waals surface area contributed by atoms with Gasteiger partial charge in [-0.05, 0) is 25.1 Å². The van der Waals surface area contributed by atoms with Gasteiger partial charge in [-0.1, -0.05) is 6.92 Å². The van der Waals surface area contributed by atoms with Crippen LogP contribution in [0.25, 0.3) is 0 Å². The first-order chi connectivity index (χ1) is 8.97. The molecule has 0 rings (SSSR count). The summed E-state index contributed by atoms with van der Waals surface area (Å²) in [6.45, 7) is 2.20. The first-order valence-electron chi connectivity index (χ1n) is 6.01. The highest BCUT2D eigenvalue weighted by atomic mass is 32.2. The monoisotopic (exact) mass is 333 g/mol. The summed E-state index contributed by atoms with van der Waals surface area (Å²) < 4.78 is 65.5. The summed E-state index contributed by atoms with van der Waals surface area (Å²) in [5.74, 6) is -0.961. The second kappa shape index (κ2) is 7.43. The van der Waals surface area contributed by atoms with Crippen LogP contribution in [0.4, 0.5) is 8.78 Å². The molecular formula is C10H19F2O6SSi-. The second-order valence-corrected chi connectivity index (χ2v) is 10.6. The molecule has 1 unspecified atom stereocenters. The van der Waals surface area contributed by atoms with Gasteiger partial charge in [0.15, 0.2) is 25.0 Å². The van der Waals surface area contributed by atoms with E-state index in [0.29, 0.717) is 12.5 Å². The smallest absolute Gasteiger partial charge is 0.367 e. The van der Waals surface area contributed by atoms with Crippen LogP contribution in [0.15, 0.2) is 0 Å². The molecule has 6 nitrogen and oxygen atoms in total. The van der Waals surface area contributed by atoms with E-state index in [1.807, 2.05) is 13.5 Å². The molecule has 0 saturated heterocycles. The number of rotatable bonds is 9. The average Bonchev–Trinajstić information content (AvgIpc) is 2.35. The summed E-state index contributed by atoms with van der Waals surface area (Å²) in [4.78, 5) is 11.2. The molecule has 0 amide bonds. The van der Waals surface area contributed by atoms with Gasteiger partial charge in [-0.25, -0.2) is 8.42 Å². The summed E-state index contributed by atoms with van der Waals surface area (Å²) in [6, 6.07) is 1.51. The molecule has 0 bridgehead atoms. The van der Waals surface area contributed by atoms with Crippen molar-refractivity contribution < 1.29 is 35.7 Å². The highest BCUT2D eigenvalue weighted by molar-refractivity contribution is 7.86. The van der Waals surface area contributed by atoms with Crippen molar-refractivity contribution in [1.29, 1.82) is 0 Å². The van der Waals surface area contributed by atoms with E-state index in [1.54, 1.807) is 7.11 Å². The van der Waals surface area contributed by atoms with Crippen LogP contribution in [-0.4, -0.2) is 46.2 Å². The fourth-order valence-electron chi connectivity index (χ4n) is 1.34. The quantitative estimate of drug-likeness (QED) is 0.362. The third-order valence-electron chi connectivity index (χ3n) is 3.09. The number of carbonyl (C=O) groups is 1. The SMILES string of the molecule is CC[Si](C)(CCCC(=O)OCC(F)(F)S(=O)(=O)[O-])OC. The van der Waals surface area contributed by atoms with Crippen molar-refractivity contribution in [3.05, 3.63) is 0 Å². The minimum atomic E-state index is -5.82. The number of esters is 1. The normalized spacial score (nSPS) is 15.7. The summed E-state index contributed by atoms with van der Waals surface area (Å²) in [5, 5.41) is -4.60. The zero-order valence-corrected chi connectivity index (χ0v) is 13.5. The van der Waals surface area contributed by atoms with Crippen LogP contribution >= 0.6 is 0 Å². The van der Waals surface area contributed by atoms with Gasteiger partial charge in [0.1, 0.15) is 0 Å². The summed E-state index contributed by atoms with van der Waals surface area (Å²) in [6.07, 6.45) is 0.278. The Morgan fingerprint density at radius 1 is 1.40 bits per heavy atom. The average molecular weight is 333 g/mol. The van der Waals surface area contributed by atoms with Crippen LogP contribution < -0.4 is 0 Å². The minimum absolute atomic E-state index is 0.124. The molecule has 0 aromatic heterocycles. The maximum atomic E-state index is 12.7. The molecule has 0 N–H and O–H groups in total. The van der Waals surface area contributed by atoms with Crippen molar-refractivity contribution in [1.82, 2.24) is 0 Å². The van der Waals surface area contributed by atoms with Gasteiger partial charge < -0.3 is 13.7 Å². The van der Waals surface area contributed by atoms with Crippen LogP contribution in [0.1, 0.15) is 19.8 Å². The Kier molecular flexibility index (Phi) is 7.22. The fraction of sp³-hybridized carbons (Fsp3) is 0.900. The lowest BCUT2D eigenvalue weighted by molar-refractivity contribution is -0.149. The molecule has 1 atom stereocenters. The molecule has 0 spiro atoms. The number of hydrogen-bond donors (Lipinski definition) is 0. The maximum absolute atomic E-state index is 12.7. The minimum Gasteiger partial charge on any atom is -0.743 e. The maximum Gasteiger partial charge on any atom is 0.367 e. The van der Waals surface area contributed by atoms with Gasteiger partial charge in [-0.2, -0.15) is 8.78 Å². The molecule has 10 heteroatoms. The molecule has 0 fully saturated rings.